The zero-order chi connectivity index (χ0) is 12.3. The van der Waals surface area contributed by atoms with Gasteiger partial charge in [-0.2, -0.15) is 0 Å². The lowest BCUT2D eigenvalue weighted by Gasteiger charge is -2.18. The van der Waals surface area contributed by atoms with Gasteiger partial charge in [0.05, 0.1) is 6.20 Å². The number of aryl methyl sites for hydroxylation is 1. The average Bonchev–Trinajstić information content (AvgIpc) is 2.80. The van der Waals surface area contributed by atoms with Crippen LogP contribution in [0.3, 0.4) is 0 Å². The lowest BCUT2D eigenvalue weighted by atomic mass is 10.1. The van der Waals surface area contributed by atoms with E-state index >= 15 is 0 Å². The molecule has 5 heteroatoms. The van der Waals surface area contributed by atoms with Crippen LogP contribution >= 0.6 is 11.8 Å². The topological polar surface area (TPSA) is 50.9 Å². The van der Waals surface area contributed by atoms with Gasteiger partial charge in [-0.3, -0.25) is 0 Å². The first-order chi connectivity index (χ1) is 8.22. The van der Waals surface area contributed by atoms with Crippen molar-refractivity contribution in [3.8, 4) is 5.75 Å². The Balaban J connectivity index is 2.39. The van der Waals surface area contributed by atoms with Gasteiger partial charge in [-0.25, -0.2) is 4.68 Å². The lowest BCUT2D eigenvalue weighted by Crippen LogP contribution is -2.09. The van der Waals surface area contributed by atoms with Gasteiger partial charge >= 0.3 is 0 Å². The van der Waals surface area contributed by atoms with E-state index in [1.54, 1.807) is 30.1 Å². The fraction of sp³-hybridized carbons (Fsp3) is 0.333. The van der Waals surface area contributed by atoms with Gasteiger partial charge in [0.15, 0.2) is 0 Å². The Morgan fingerprint density at radius 3 is 2.88 bits per heavy atom. The van der Waals surface area contributed by atoms with Crippen LogP contribution in [0.2, 0.25) is 0 Å². The molecule has 0 saturated heterocycles. The molecule has 0 amide bonds. The first-order valence-corrected chi connectivity index (χ1v) is 6.54. The van der Waals surface area contributed by atoms with Crippen LogP contribution in [0.15, 0.2) is 30.6 Å². The van der Waals surface area contributed by atoms with Gasteiger partial charge in [0.2, 0.25) is 0 Å². The van der Waals surface area contributed by atoms with Crippen molar-refractivity contribution >= 4 is 11.8 Å². The van der Waals surface area contributed by atoms with Gasteiger partial charge in [-0.1, -0.05) is 18.2 Å². The molecule has 2 rings (SSSR count). The molecule has 4 nitrogen and oxygen atoms in total. The number of hydrogen-bond acceptors (Lipinski definition) is 4. The van der Waals surface area contributed by atoms with Crippen LogP contribution in [-0.2, 0) is 0 Å². The number of phenols is 1. The van der Waals surface area contributed by atoms with Crippen LogP contribution in [0, 0.1) is 6.92 Å². The number of thioether (sulfide) groups is 1. The monoisotopic (exact) mass is 249 g/mol. The Hall–Kier alpha value is -1.49. The molecule has 90 valence electrons. The van der Waals surface area contributed by atoms with Crippen LogP contribution in [-0.4, -0.2) is 25.9 Å². The van der Waals surface area contributed by atoms with E-state index in [4.69, 9.17) is 0 Å². The largest absolute Gasteiger partial charge is 0.508 e. The van der Waals surface area contributed by atoms with Crippen LogP contribution in [0.1, 0.15) is 23.4 Å². The molecule has 1 aromatic carbocycles. The van der Waals surface area contributed by atoms with Crippen LogP contribution in [0.4, 0.5) is 0 Å². The maximum Gasteiger partial charge on any atom is 0.124 e. The summed E-state index contributed by atoms with van der Waals surface area (Å²) < 4.78 is 1.84. The summed E-state index contributed by atoms with van der Waals surface area (Å²) in [5.41, 5.74) is 2.21. The number of aromatic nitrogens is 3. The van der Waals surface area contributed by atoms with Crippen molar-refractivity contribution in [2.45, 2.75) is 19.2 Å². The standard InChI is InChI=1S/C12H15N3OS/c1-3-17-12(15-7-6-13-14-15)11-5-4-10(16)8-9(11)2/h4-8,12,16H,3H2,1-2H3. The third-order valence-electron chi connectivity index (χ3n) is 2.53. The molecule has 0 aliphatic carbocycles. The zero-order valence-corrected chi connectivity index (χ0v) is 10.7. The normalized spacial score (nSPS) is 12.6. The molecule has 0 radical (unpaired) electrons. The molecule has 0 bridgehead atoms. The maximum atomic E-state index is 9.44. The first-order valence-electron chi connectivity index (χ1n) is 5.49. The Kier molecular flexibility index (Phi) is 3.68. The van der Waals surface area contributed by atoms with E-state index in [-0.39, 0.29) is 5.37 Å². The molecular formula is C12H15N3OS. The molecule has 0 saturated carbocycles. The molecule has 1 heterocycles. The number of hydrogen-bond donors (Lipinski definition) is 1. The fourth-order valence-electron chi connectivity index (χ4n) is 1.75. The van der Waals surface area contributed by atoms with E-state index in [9.17, 15) is 5.11 Å². The summed E-state index contributed by atoms with van der Waals surface area (Å²) in [4.78, 5) is 0. The molecular weight excluding hydrogens is 234 g/mol. The summed E-state index contributed by atoms with van der Waals surface area (Å²) in [6.07, 6.45) is 3.54. The van der Waals surface area contributed by atoms with E-state index in [1.807, 2.05) is 23.9 Å². The minimum absolute atomic E-state index is 0.114. The summed E-state index contributed by atoms with van der Waals surface area (Å²) in [5, 5.41) is 17.5. The predicted molar refractivity (Wildman–Crippen MR) is 69.1 cm³/mol. The summed E-state index contributed by atoms with van der Waals surface area (Å²) in [5.74, 6) is 1.29. The average molecular weight is 249 g/mol. The highest BCUT2D eigenvalue weighted by Crippen LogP contribution is 2.32. The van der Waals surface area contributed by atoms with Crippen molar-refractivity contribution in [1.29, 1.82) is 0 Å². The molecule has 0 fully saturated rings. The summed E-state index contributed by atoms with van der Waals surface area (Å²) in [6, 6.07) is 5.43. The van der Waals surface area contributed by atoms with Gasteiger partial charge in [0.1, 0.15) is 11.1 Å². The number of aromatic hydroxyl groups is 1. The Labute approximate surface area is 105 Å². The van der Waals surface area contributed by atoms with Crippen LogP contribution in [0.25, 0.3) is 0 Å². The summed E-state index contributed by atoms with van der Waals surface area (Å²) in [7, 11) is 0. The number of rotatable bonds is 4. The summed E-state index contributed by atoms with van der Waals surface area (Å²) in [6.45, 7) is 4.11. The molecule has 0 aliphatic heterocycles. The van der Waals surface area contributed by atoms with Crippen molar-refractivity contribution in [3.05, 3.63) is 41.7 Å². The van der Waals surface area contributed by atoms with Gasteiger partial charge in [0.25, 0.3) is 0 Å². The third kappa shape index (κ3) is 2.61. The van der Waals surface area contributed by atoms with Crippen molar-refractivity contribution < 1.29 is 5.11 Å². The second-order valence-electron chi connectivity index (χ2n) is 3.73. The second-order valence-corrected chi connectivity index (χ2v) is 5.09. The highest BCUT2D eigenvalue weighted by atomic mass is 32.2. The smallest absolute Gasteiger partial charge is 0.124 e. The third-order valence-corrected chi connectivity index (χ3v) is 3.64. The number of phenolic OH excluding ortho intramolecular Hbond substituents is 1. The van der Waals surface area contributed by atoms with E-state index in [2.05, 4.69) is 17.2 Å². The highest BCUT2D eigenvalue weighted by Gasteiger charge is 2.16. The molecule has 0 spiro atoms. The number of benzene rings is 1. The molecule has 2 aromatic rings. The lowest BCUT2D eigenvalue weighted by molar-refractivity contribution is 0.474. The first kappa shape index (κ1) is 12.0. The van der Waals surface area contributed by atoms with Gasteiger partial charge in [0, 0.05) is 6.20 Å². The summed E-state index contributed by atoms with van der Waals surface area (Å²) >= 11 is 1.79. The van der Waals surface area contributed by atoms with Crippen molar-refractivity contribution in [2.75, 3.05) is 5.75 Å². The van der Waals surface area contributed by atoms with E-state index < -0.39 is 0 Å². The maximum absolute atomic E-state index is 9.44. The highest BCUT2D eigenvalue weighted by molar-refractivity contribution is 7.99. The van der Waals surface area contributed by atoms with Crippen LogP contribution < -0.4 is 0 Å². The molecule has 1 atom stereocenters. The van der Waals surface area contributed by atoms with E-state index in [0.29, 0.717) is 5.75 Å². The Bertz CT molecular complexity index is 485. The Morgan fingerprint density at radius 1 is 1.47 bits per heavy atom. The molecule has 17 heavy (non-hydrogen) atoms. The van der Waals surface area contributed by atoms with Gasteiger partial charge in [-0.05, 0) is 35.9 Å². The van der Waals surface area contributed by atoms with Crippen molar-refractivity contribution in [2.24, 2.45) is 0 Å². The number of nitrogens with zero attached hydrogens (tertiary/aromatic N) is 3. The minimum atomic E-state index is 0.114. The molecule has 1 N–H and O–H groups in total. The quantitative estimate of drug-likeness (QED) is 0.905. The Morgan fingerprint density at radius 2 is 2.29 bits per heavy atom. The van der Waals surface area contributed by atoms with Gasteiger partial charge < -0.3 is 5.11 Å². The molecule has 1 aromatic heterocycles. The van der Waals surface area contributed by atoms with E-state index in [0.717, 1.165) is 16.9 Å². The van der Waals surface area contributed by atoms with Crippen LogP contribution in [0.5, 0.6) is 5.75 Å². The van der Waals surface area contributed by atoms with E-state index in [1.165, 1.54) is 0 Å². The fourth-order valence-corrected chi connectivity index (χ4v) is 2.77. The molecule has 0 aliphatic rings. The molecule has 1 unspecified atom stereocenters. The predicted octanol–water partition coefficient (Wildman–Crippen LogP) is 2.59. The second kappa shape index (κ2) is 5.23. The van der Waals surface area contributed by atoms with Gasteiger partial charge in [-0.15, -0.1) is 16.9 Å². The zero-order valence-electron chi connectivity index (χ0n) is 9.87. The SMILES string of the molecule is CCSC(c1ccc(O)cc1C)n1ccnn1. The minimum Gasteiger partial charge on any atom is -0.508 e. The van der Waals surface area contributed by atoms with Crippen molar-refractivity contribution in [3.63, 3.8) is 0 Å². The van der Waals surface area contributed by atoms with Crippen molar-refractivity contribution in [1.82, 2.24) is 15.0 Å².